The lowest BCUT2D eigenvalue weighted by Crippen LogP contribution is -2.38. The first kappa shape index (κ1) is 31.7. The molecule has 1 unspecified atom stereocenters. The largest absolute Gasteiger partial charge is 0.507 e. The number of rotatable bonds is 16. The zero-order chi connectivity index (χ0) is 29.9. The summed E-state index contributed by atoms with van der Waals surface area (Å²) in [7, 11) is 1.56. The highest BCUT2D eigenvalue weighted by Gasteiger charge is 2.46. The van der Waals surface area contributed by atoms with Crippen molar-refractivity contribution >= 4 is 17.4 Å². The molecule has 1 N–H and O–H groups in total. The van der Waals surface area contributed by atoms with Crippen LogP contribution in [0.3, 0.4) is 0 Å². The fraction of sp³-hybridized carbons (Fsp3) is 0.455. The van der Waals surface area contributed by atoms with Crippen LogP contribution >= 0.6 is 0 Å². The molecule has 1 aliphatic rings. The van der Waals surface area contributed by atoms with Gasteiger partial charge in [0.1, 0.15) is 18.1 Å². The van der Waals surface area contributed by atoms with Gasteiger partial charge >= 0.3 is 0 Å². The third kappa shape index (κ3) is 7.50. The highest BCUT2D eigenvalue weighted by molar-refractivity contribution is 6.46. The number of methoxy groups -OCH3 is 1. The van der Waals surface area contributed by atoms with Crippen LogP contribution in [0.15, 0.2) is 54.6 Å². The van der Waals surface area contributed by atoms with Gasteiger partial charge in [-0.2, -0.15) is 0 Å². The highest BCUT2D eigenvalue weighted by Crippen LogP contribution is 2.42. The molecule has 0 aliphatic carbocycles. The number of likely N-dealkylation sites (N-methyl/N-ethyl adjacent to an activating group) is 1. The number of aliphatic hydroxyl groups excluding tert-OH is 1. The fourth-order valence-electron chi connectivity index (χ4n) is 5.05. The molecule has 1 amide bonds. The Balaban J connectivity index is 2.09. The van der Waals surface area contributed by atoms with E-state index >= 15 is 0 Å². The normalized spacial score (nSPS) is 16.3. The number of carbonyl (C=O) groups is 2. The van der Waals surface area contributed by atoms with E-state index in [4.69, 9.17) is 14.2 Å². The lowest BCUT2D eigenvalue weighted by Gasteiger charge is -2.28. The SMILES string of the molecule is C=CCOc1ccc(C(O)=C2C(=O)C(=O)N(CCN(CC)CC)C2c2ccc(OCCCCC)c(OC)c2)c(C)c1. The topological polar surface area (TPSA) is 88.5 Å². The molecule has 1 fully saturated rings. The van der Waals surface area contributed by atoms with Crippen molar-refractivity contribution < 1.29 is 28.9 Å². The summed E-state index contributed by atoms with van der Waals surface area (Å²) in [5, 5.41) is 11.6. The van der Waals surface area contributed by atoms with Crippen LogP contribution in [0.4, 0.5) is 0 Å². The summed E-state index contributed by atoms with van der Waals surface area (Å²) < 4.78 is 17.2. The quantitative estimate of drug-likeness (QED) is 0.0893. The van der Waals surface area contributed by atoms with Crippen LogP contribution in [-0.4, -0.2) is 73.1 Å². The summed E-state index contributed by atoms with van der Waals surface area (Å²) in [6, 6.07) is 9.87. The van der Waals surface area contributed by atoms with Crippen LogP contribution in [0, 0.1) is 6.92 Å². The minimum Gasteiger partial charge on any atom is -0.507 e. The van der Waals surface area contributed by atoms with E-state index in [0.717, 1.165) is 32.4 Å². The minimum atomic E-state index is -0.787. The highest BCUT2D eigenvalue weighted by atomic mass is 16.5. The van der Waals surface area contributed by atoms with E-state index < -0.39 is 17.7 Å². The number of aliphatic hydroxyl groups is 1. The molecule has 41 heavy (non-hydrogen) atoms. The summed E-state index contributed by atoms with van der Waals surface area (Å²) in [4.78, 5) is 30.7. The van der Waals surface area contributed by atoms with Gasteiger partial charge in [0, 0.05) is 18.7 Å². The number of benzene rings is 2. The molecule has 1 aliphatic heterocycles. The first-order valence-electron chi connectivity index (χ1n) is 14.5. The molecule has 1 atom stereocenters. The van der Waals surface area contributed by atoms with Gasteiger partial charge in [0.2, 0.25) is 0 Å². The molecule has 3 rings (SSSR count). The number of carbonyl (C=O) groups excluding carboxylic acids is 2. The Bertz CT molecular complexity index is 1250. The fourth-order valence-corrected chi connectivity index (χ4v) is 5.05. The second kappa shape index (κ2) is 15.3. The smallest absolute Gasteiger partial charge is 0.295 e. The van der Waals surface area contributed by atoms with Gasteiger partial charge in [0.25, 0.3) is 11.7 Å². The van der Waals surface area contributed by atoms with Crippen molar-refractivity contribution in [1.29, 1.82) is 0 Å². The zero-order valence-corrected chi connectivity index (χ0v) is 25.1. The number of hydrogen-bond donors (Lipinski definition) is 1. The van der Waals surface area contributed by atoms with E-state index in [2.05, 4.69) is 32.3 Å². The van der Waals surface area contributed by atoms with Gasteiger partial charge in [-0.25, -0.2) is 0 Å². The second-order valence-electron chi connectivity index (χ2n) is 10.1. The predicted molar refractivity (Wildman–Crippen MR) is 162 cm³/mol. The van der Waals surface area contributed by atoms with Gasteiger partial charge in [-0.1, -0.05) is 52.3 Å². The van der Waals surface area contributed by atoms with Crippen LogP contribution in [0.2, 0.25) is 0 Å². The molecule has 0 aromatic heterocycles. The van der Waals surface area contributed by atoms with Crippen molar-refractivity contribution in [1.82, 2.24) is 9.80 Å². The standard InChI is InChI=1S/C33H44N2O6/c1-7-11-12-20-41-27-16-13-24(22-28(27)39-6)30-29(32(37)33(38)35(30)18-17-34(9-3)10-4)31(36)26-15-14-25(21-23(26)5)40-19-8-2/h8,13-16,21-22,30,36H,2,7,9-12,17-20H2,1,3-6H3. The summed E-state index contributed by atoms with van der Waals surface area (Å²) in [5.41, 5.74) is 1.89. The summed E-state index contributed by atoms with van der Waals surface area (Å²) in [5.74, 6) is 0.162. The third-order valence-corrected chi connectivity index (χ3v) is 7.42. The summed E-state index contributed by atoms with van der Waals surface area (Å²) in [6.45, 7) is 15.2. The van der Waals surface area contributed by atoms with Gasteiger partial charge in [-0.05, 0) is 67.9 Å². The van der Waals surface area contributed by atoms with Gasteiger partial charge in [-0.3, -0.25) is 9.59 Å². The van der Waals surface area contributed by atoms with Crippen molar-refractivity contribution in [3.8, 4) is 17.2 Å². The van der Waals surface area contributed by atoms with Crippen LogP contribution in [0.5, 0.6) is 17.2 Å². The molecule has 0 spiro atoms. The van der Waals surface area contributed by atoms with Gasteiger partial charge in [-0.15, -0.1) is 0 Å². The third-order valence-electron chi connectivity index (χ3n) is 7.42. The Morgan fingerprint density at radius 2 is 1.80 bits per heavy atom. The van der Waals surface area contributed by atoms with E-state index in [1.165, 1.54) is 0 Å². The van der Waals surface area contributed by atoms with E-state index in [-0.39, 0.29) is 11.3 Å². The summed E-state index contributed by atoms with van der Waals surface area (Å²) >= 11 is 0. The first-order valence-corrected chi connectivity index (χ1v) is 14.5. The van der Waals surface area contributed by atoms with Crippen LogP contribution in [-0.2, 0) is 9.59 Å². The average molecular weight is 565 g/mol. The number of amides is 1. The van der Waals surface area contributed by atoms with E-state index in [0.29, 0.717) is 60.2 Å². The Kier molecular flexibility index (Phi) is 11.8. The number of likely N-dealkylation sites (tertiary alicyclic amines) is 1. The number of nitrogens with zero attached hydrogens (tertiary/aromatic N) is 2. The molecule has 8 heteroatoms. The number of hydrogen-bond acceptors (Lipinski definition) is 7. The predicted octanol–water partition coefficient (Wildman–Crippen LogP) is 5.90. The van der Waals surface area contributed by atoms with Crippen LogP contribution in [0.25, 0.3) is 5.76 Å². The lowest BCUT2D eigenvalue weighted by molar-refractivity contribution is -0.140. The van der Waals surface area contributed by atoms with Gasteiger partial charge in [0.05, 0.1) is 25.3 Å². The van der Waals surface area contributed by atoms with Crippen molar-refractivity contribution in [3.05, 3.63) is 71.3 Å². The monoisotopic (exact) mass is 564 g/mol. The van der Waals surface area contributed by atoms with Crippen molar-refractivity contribution in [2.24, 2.45) is 0 Å². The van der Waals surface area contributed by atoms with E-state index in [9.17, 15) is 14.7 Å². The number of Topliss-reactive ketones (excluding diaryl/α,β-unsaturated/α-hetero) is 1. The minimum absolute atomic E-state index is 0.0519. The summed E-state index contributed by atoms with van der Waals surface area (Å²) in [6.07, 6.45) is 4.75. The van der Waals surface area contributed by atoms with Crippen LogP contribution in [0.1, 0.15) is 62.8 Å². The van der Waals surface area contributed by atoms with Crippen molar-refractivity contribution in [3.63, 3.8) is 0 Å². The molecule has 2 aromatic carbocycles. The molecular formula is C33H44N2O6. The molecule has 0 radical (unpaired) electrons. The van der Waals surface area contributed by atoms with E-state index in [1.807, 2.05) is 19.1 Å². The molecule has 8 nitrogen and oxygen atoms in total. The molecule has 0 saturated carbocycles. The molecule has 222 valence electrons. The maximum atomic E-state index is 13.5. The molecule has 2 aromatic rings. The van der Waals surface area contributed by atoms with Crippen molar-refractivity contribution in [2.45, 2.75) is 53.0 Å². The maximum absolute atomic E-state index is 13.5. The Morgan fingerprint density at radius 1 is 1.05 bits per heavy atom. The van der Waals surface area contributed by atoms with Gasteiger partial charge < -0.3 is 29.1 Å². The Morgan fingerprint density at radius 3 is 2.44 bits per heavy atom. The molecule has 1 heterocycles. The van der Waals surface area contributed by atoms with Gasteiger partial charge in [0.15, 0.2) is 11.5 Å². The maximum Gasteiger partial charge on any atom is 0.295 e. The lowest BCUT2D eigenvalue weighted by atomic mass is 9.93. The second-order valence-corrected chi connectivity index (χ2v) is 10.1. The van der Waals surface area contributed by atoms with E-state index in [1.54, 1.807) is 42.4 Å². The number of ketones is 1. The molecule has 0 bridgehead atoms. The first-order chi connectivity index (χ1) is 19.8. The number of ether oxygens (including phenoxy) is 3. The number of unbranched alkanes of at least 4 members (excludes halogenated alkanes) is 2. The molecule has 1 saturated heterocycles. The Labute approximate surface area is 244 Å². The zero-order valence-electron chi connectivity index (χ0n) is 25.1. The van der Waals surface area contributed by atoms with Crippen molar-refractivity contribution in [2.75, 3.05) is 46.5 Å². The number of aryl methyl sites for hydroxylation is 1. The molecular weight excluding hydrogens is 520 g/mol. The Hall–Kier alpha value is -3.78. The average Bonchev–Trinajstić information content (AvgIpc) is 3.23. The van der Waals surface area contributed by atoms with Crippen LogP contribution < -0.4 is 14.2 Å².